The molecule has 0 saturated carbocycles. The largest absolute Gasteiger partial charge is 0.507 e. The highest BCUT2D eigenvalue weighted by Crippen LogP contribution is 2.25. The van der Waals surface area contributed by atoms with Gasteiger partial charge in [0.15, 0.2) is 0 Å². The number of aromatic hydroxyl groups is 1. The van der Waals surface area contributed by atoms with Gasteiger partial charge in [-0.3, -0.25) is 4.98 Å². The quantitative estimate of drug-likeness (QED) is 0.715. The normalized spacial score (nSPS) is 10.2. The SMILES string of the molecule is C=Cc1c(O)ccc2cccnc12. The standard InChI is InChI=1S/C11H9NO/c1-2-9-10(13)6-5-8-4-3-7-12-11(8)9/h2-7,13H,1H2. The predicted molar refractivity (Wildman–Crippen MR) is 53.5 cm³/mol. The van der Waals surface area contributed by atoms with Gasteiger partial charge in [-0.2, -0.15) is 0 Å². The zero-order valence-electron chi connectivity index (χ0n) is 7.07. The third-order valence-corrected chi connectivity index (χ3v) is 1.99. The molecule has 0 saturated heterocycles. The number of hydrogen-bond acceptors (Lipinski definition) is 2. The summed E-state index contributed by atoms with van der Waals surface area (Å²) in [6, 6.07) is 7.31. The number of aromatic nitrogens is 1. The van der Waals surface area contributed by atoms with Crippen molar-refractivity contribution in [3.63, 3.8) is 0 Å². The summed E-state index contributed by atoms with van der Waals surface area (Å²) in [5.74, 6) is 0.223. The minimum atomic E-state index is 0.223. The number of nitrogens with zero attached hydrogens (tertiary/aromatic N) is 1. The lowest BCUT2D eigenvalue weighted by Crippen LogP contribution is -1.82. The van der Waals surface area contributed by atoms with Gasteiger partial charge in [0, 0.05) is 17.1 Å². The van der Waals surface area contributed by atoms with Crippen molar-refractivity contribution in [3.05, 3.63) is 42.6 Å². The molecule has 13 heavy (non-hydrogen) atoms. The van der Waals surface area contributed by atoms with Gasteiger partial charge in [0.25, 0.3) is 0 Å². The number of phenolic OH excluding ortho intramolecular Hbond substituents is 1. The van der Waals surface area contributed by atoms with Crippen LogP contribution in [0, 0.1) is 0 Å². The van der Waals surface area contributed by atoms with Crippen molar-refractivity contribution >= 4 is 17.0 Å². The van der Waals surface area contributed by atoms with Crippen molar-refractivity contribution in [3.8, 4) is 5.75 Å². The zero-order valence-corrected chi connectivity index (χ0v) is 7.07. The number of fused-ring (bicyclic) bond motifs is 1. The summed E-state index contributed by atoms with van der Waals surface area (Å²) in [4.78, 5) is 4.18. The Labute approximate surface area is 76.2 Å². The van der Waals surface area contributed by atoms with Gasteiger partial charge in [0.05, 0.1) is 5.52 Å². The first kappa shape index (κ1) is 7.80. The second kappa shape index (κ2) is 2.90. The van der Waals surface area contributed by atoms with Crippen molar-refractivity contribution < 1.29 is 5.11 Å². The molecule has 2 nitrogen and oxygen atoms in total. The monoisotopic (exact) mass is 171 g/mol. The smallest absolute Gasteiger partial charge is 0.124 e. The lowest BCUT2D eigenvalue weighted by Gasteiger charge is -2.02. The van der Waals surface area contributed by atoms with E-state index in [2.05, 4.69) is 11.6 Å². The summed E-state index contributed by atoms with van der Waals surface area (Å²) < 4.78 is 0. The van der Waals surface area contributed by atoms with Crippen molar-refractivity contribution in [2.75, 3.05) is 0 Å². The highest BCUT2D eigenvalue weighted by molar-refractivity contribution is 5.89. The van der Waals surface area contributed by atoms with Crippen LogP contribution in [0.3, 0.4) is 0 Å². The topological polar surface area (TPSA) is 33.1 Å². The molecule has 64 valence electrons. The first-order valence-electron chi connectivity index (χ1n) is 4.02. The maximum Gasteiger partial charge on any atom is 0.124 e. The van der Waals surface area contributed by atoms with Gasteiger partial charge in [-0.1, -0.05) is 18.7 Å². The number of hydrogen-bond donors (Lipinski definition) is 1. The van der Waals surface area contributed by atoms with Gasteiger partial charge in [-0.05, 0) is 18.2 Å². The summed E-state index contributed by atoms with van der Waals surface area (Å²) in [5, 5.41) is 10.5. The van der Waals surface area contributed by atoms with E-state index in [1.165, 1.54) is 0 Å². The highest BCUT2D eigenvalue weighted by atomic mass is 16.3. The Morgan fingerprint density at radius 1 is 1.31 bits per heavy atom. The molecule has 0 spiro atoms. The Kier molecular flexibility index (Phi) is 1.74. The number of rotatable bonds is 1. The second-order valence-electron chi connectivity index (χ2n) is 2.78. The van der Waals surface area contributed by atoms with Crippen LogP contribution in [0.5, 0.6) is 5.75 Å². The van der Waals surface area contributed by atoms with E-state index in [4.69, 9.17) is 0 Å². The fourth-order valence-electron chi connectivity index (χ4n) is 1.36. The molecular formula is C11H9NO. The molecule has 0 atom stereocenters. The van der Waals surface area contributed by atoms with Gasteiger partial charge in [-0.15, -0.1) is 0 Å². The zero-order chi connectivity index (χ0) is 9.26. The number of phenols is 1. The minimum absolute atomic E-state index is 0.223. The maximum absolute atomic E-state index is 9.50. The molecule has 0 radical (unpaired) electrons. The Bertz CT molecular complexity index is 463. The van der Waals surface area contributed by atoms with Crippen LogP contribution in [0.4, 0.5) is 0 Å². The third-order valence-electron chi connectivity index (χ3n) is 1.99. The second-order valence-corrected chi connectivity index (χ2v) is 2.78. The molecule has 2 heteroatoms. The molecule has 1 heterocycles. The van der Waals surface area contributed by atoms with Gasteiger partial charge in [0.2, 0.25) is 0 Å². The van der Waals surface area contributed by atoms with Gasteiger partial charge >= 0.3 is 0 Å². The van der Waals surface area contributed by atoms with Crippen LogP contribution in [0.1, 0.15) is 5.56 Å². The number of pyridine rings is 1. The van der Waals surface area contributed by atoms with Crippen LogP contribution in [0.25, 0.3) is 17.0 Å². The van der Waals surface area contributed by atoms with E-state index < -0.39 is 0 Å². The van der Waals surface area contributed by atoms with Crippen molar-refractivity contribution in [1.82, 2.24) is 4.98 Å². The Morgan fingerprint density at radius 2 is 2.15 bits per heavy atom. The lowest BCUT2D eigenvalue weighted by atomic mass is 10.1. The Balaban J connectivity index is 2.91. The highest BCUT2D eigenvalue weighted by Gasteiger charge is 2.02. The van der Waals surface area contributed by atoms with Crippen LogP contribution in [-0.2, 0) is 0 Å². The fourth-order valence-corrected chi connectivity index (χ4v) is 1.36. The minimum Gasteiger partial charge on any atom is -0.507 e. The molecule has 0 amide bonds. The third kappa shape index (κ3) is 1.16. The van der Waals surface area contributed by atoms with E-state index in [9.17, 15) is 5.11 Å². The molecule has 0 aliphatic carbocycles. The molecular weight excluding hydrogens is 162 g/mol. The van der Waals surface area contributed by atoms with E-state index >= 15 is 0 Å². The maximum atomic E-state index is 9.50. The van der Waals surface area contributed by atoms with Gasteiger partial charge in [0.1, 0.15) is 5.75 Å². The van der Waals surface area contributed by atoms with E-state index in [-0.39, 0.29) is 5.75 Å². The van der Waals surface area contributed by atoms with Crippen LogP contribution in [0.2, 0.25) is 0 Å². The van der Waals surface area contributed by atoms with Crippen LogP contribution in [0.15, 0.2) is 37.0 Å². The summed E-state index contributed by atoms with van der Waals surface area (Å²) in [6.07, 6.45) is 3.32. The van der Waals surface area contributed by atoms with E-state index in [1.54, 1.807) is 18.3 Å². The number of benzene rings is 1. The molecule has 2 aromatic rings. The van der Waals surface area contributed by atoms with E-state index in [0.29, 0.717) is 5.56 Å². The molecule has 0 aliphatic rings. The summed E-state index contributed by atoms with van der Waals surface area (Å²) in [5.41, 5.74) is 1.48. The van der Waals surface area contributed by atoms with E-state index in [1.807, 2.05) is 18.2 Å². The van der Waals surface area contributed by atoms with Gasteiger partial charge < -0.3 is 5.11 Å². The summed E-state index contributed by atoms with van der Waals surface area (Å²) in [6.45, 7) is 3.64. The first-order valence-corrected chi connectivity index (χ1v) is 4.02. The van der Waals surface area contributed by atoms with Crippen molar-refractivity contribution in [2.45, 2.75) is 0 Å². The molecule has 0 fully saturated rings. The molecule has 1 N–H and O–H groups in total. The fraction of sp³-hybridized carbons (Fsp3) is 0. The van der Waals surface area contributed by atoms with Crippen LogP contribution >= 0.6 is 0 Å². The first-order chi connectivity index (χ1) is 6.33. The molecule has 1 aromatic heterocycles. The van der Waals surface area contributed by atoms with Crippen LogP contribution < -0.4 is 0 Å². The van der Waals surface area contributed by atoms with Gasteiger partial charge in [-0.25, -0.2) is 0 Å². The molecule has 1 aromatic carbocycles. The molecule has 0 bridgehead atoms. The molecule has 0 aliphatic heterocycles. The van der Waals surface area contributed by atoms with Crippen molar-refractivity contribution in [1.29, 1.82) is 0 Å². The molecule has 0 unspecified atom stereocenters. The Morgan fingerprint density at radius 3 is 2.92 bits per heavy atom. The summed E-state index contributed by atoms with van der Waals surface area (Å²) in [7, 11) is 0. The molecule has 2 rings (SSSR count). The van der Waals surface area contributed by atoms with Crippen LogP contribution in [-0.4, -0.2) is 10.1 Å². The lowest BCUT2D eigenvalue weighted by molar-refractivity contribution is 0.475. The van der Waals surface area contributed by atoms with E-state index in [0.717, 1.165) is 10.9 Å². The Hall–Kier alpha value is -1.83. The average Bonchev–Trinajstić information content (AvgIpc) is 2.18. The summed E-state index contributed by atoms with van der Waals surface area (Å²) >= 11 is 0. The predicted octanol–water partition coefficient (Wildman–Crippen LogP) is 2.58. The van der Waals surface area contributed by atoms with Crippen molar-refractivity contribution in [2.24, 2.45) is 0 Å². The average molecular weight is 171 g/mol.